The minimum Gasteiger partial charge on any atom is -0.326 e. The van der Waals surface area contributed by atoms with Gasteiger partial charge in [-0.05, 0) is 30.7 Å². The Labute approximate surface area is 130 Å². The molecule has 0 aromatic heterocycles. The summed E-state index contributed by atoms with van der Waals surface area (Å²) in [5.41, 5.74) is 1.49. The zero-order valence-electron chi connectivity index (χ0n) is 12.6. The van der Waals surface area contributed by atoms with Crippen LogP contribution in [0.5, 0.6) is 0 Å². The van der Waals surface area contributed by atoms with E-state index < -0.39 is 0 Å². The third-order valence-electron chi connectivity index (χ3n) is 3.39. The van der Waals surface area contributed by atoms with E-state index in [0.29, 0.717) is 6.42 Å². The van der Waals surface area contributed by atoms with Gasteiger partial charge in [-0.1, -0.05) is 43.3 Å². The summed E-state index contributed by atoms with van der Waals surface area (Å²) in [4.78, 5) is 24.3. The number of anilines is 2. The molecule has 2 aromatic carbocycles. The summed E-state index contributed by atoms with van der Waals surface area (Å²) in [6.07, 6.45) is 0.783. The van der Waals surface area contributed by atoms with Crippen LogP contribution in [0, 0.1) is 5.92 Å². The molecule has 1 atom stereocenters. The lowest BCUT2D eigenvalue weighted by molar-refractivity contribution is -0.125. The molecule has 0 saturated heterocycles. The summed E-state index contributed by atoms with van der Waals surface area (Å²) in [5.74, 6) is -0.623. The average Bonchev–Trinajstić information content (AvgIpc) is 2.54. The minimum atomic E-state index is -0.344. The van der Waals surface area contributed by atoms with Crippen LogP contribution in [0.4, 0.5) is 11.4 Å². The second-order valence-corrected chi connectivity index (χ2v) is 5.08. The first kappa shape index (κ1) is 15.8. The van der Waals surface area contributed by atoms with E-state index in [9.17, 15) is 9.59 Å². The second-order valence-electron chi connectivity index (χ2n) is 5.08. The van der Waals surface area contributed by atoms with Crippen molar-refractivity contribution in [2.45, 2.75) is 19.8 Å². The lowest BCUT2D eigenvalue weighted by Gasteiger charge is -2.15. The van der Waals surface area contributed by atoms with Gasteiger partial charge in [0, 0.05) is 23.7 Å². The molecule has 0 aliphatic rings. The number of benzene rings is 2. The van der Waals surface area contributed by atoms with Crippen LogP contribution in [0.1, 0.15) is 19.8 Å². The van der Waals surface area contributed by atoms with E-state index in [1.165, 1.54) is 0 Å². The molecule has 2 aromatic rings. The molecule has 0 fully saturated rings. The number of carbonyl (C=O) groups is 2. The average molecular weight is 296 g/mol. The molecule has 0 saturated carbocycles. The maximum Gasteiger partial charge on any atom is 0.227 e. The van der Waals surface area contributed by atoms with Gasteiger partial charge in [0.2, 0.25) is 11.8 Å². The standard InChI is InChI=1S/C18H20N2O2/c1-2-14(18(22)20-16-11-7-4-8-12-16)13-17(21)19-15-9-5-3-6-10-15/h3-12,14H,2,13H2,1H3,(H,19,21)(H,20,22)/t14-/m0/s1. The van der Waals surface area contributed by atoms with Crippen molar-refractivity contribution in [3.8, 4) is 0 Å². The molecule has 2 rings (SSSR count). The van der Waals surface area contributed by atoms with Crippen LogP contribution < -0.4 is 10.6 Å². The first-order valence-electron chi connectivity index (χ1n) is 7.40. The highest BCUT2D eigenvalue weighted by Gasteiger charge is 2.20. The summed E-state index contributed by atoms with van der Waals surface area (Å²) in [6, 6.07) is 18.5. The van der Waals surface area contributed by atoms with Crippen LogP contribution in [0.25, 0.3) is 0 Å². The van der Waals surface area contributed by atoms with Crippen LogP contribution in [0.2, 0.25) is 0 Å². The fourth-order valence-electron chi connectivity index (χ4n) is 2.15. The monoisotopic (exact) mass is 296 g/mol. The van der Waals surface area contributed by atoms with Crippen molar-refractivity contribution < 1.29 is 9.59 Å². The number of carbonyl (C=O) groups excluding carboxylic acids is 2. The van der Waals surface area contributed by atoms with Crippen molar-refractivity contribution in [2.24, 2.45) is 5.92 Å². The molecule has 0 heterocycles. The number of nitrogens with one attached hydrogen (secondary N) is 2. The first-order valence-corrected chi connectivity index (χ1v) is 7.40. The Morgan fingerprint density at radius 2 is 1.36 bits per heavy atom. The molecule has 0 bridgehead atoms. The molecule has 4 nitrogen and oxygen atoms in total. The lowest BCUT2D eigenvalue weighted by Crippen LogP contribution is -2.27. The summed E-state index contributed by atoms with van der Waals surface area (Å²) in [6.45, 7) is 1.91. The van der Waals surface area contributed by atoms with Gasteiger partial charge in [0.15, 0.2) is 0 Å². The Morgan fingerprint density at radius 1 is 0.864 bits per heavy atom. The zero-order valence-corrected chi connectivity index (χ0v) is 12.6. The molecule has 0 aliphatic heterocycles. The van der Waals surface area contributed by atoms with E-state index in [4.69, 9.17) is 0 Å². The maximum absolute atomic E-state index is 12.2. The Morgan fingerprint density at radius 3 is 1.86 bits per heavy atom. The molecular formula is C18H20N2O2. The quantitative estimate of drug-likeness (QED) is 0.854. The highest BCUT2D eigenvalue weighted by atomic mass is 16.2. The molecule has 0 spiro atoms. The molecule has 0 aliphatic carbocycles. The Bertz CT molecular complexity index is 611. The highest BCUT2D eigenvalue weighted by Crippen LogP contribution is 2.15. The minimum absolute atomic E-state index is 0.128. The number of rotatable bonds is 6. The number of para-hydroxylation sites is 2. The number of hydrogen-bond acceptors (Lipinski definition) is 2. The summed E-state index contributed by atoms with van der Waals surface area (Å²) in [7, 11) is 0. The summed E-state index contributed by atoms with van der Waals surface area (Å²) < 4.78 is 0. The van der Waals surface area contributed by atoms with Crippen molar-refractivity contribution in [1.82, 2.24) is 0 Å². The van der Waals surface area contributed by atoms with Crippen LogP contribution >= 0.6 is 0 Å². The predicted octanol–water partition coefficient (Wildman–Crippen LogP) is 3.68. The van der Waals surface area contributed by atoms with E-state index in [1.807, 2.05) is 67.6 Å². The highest BCUT2D eigenvalue weighted by molar-refractivity contribution is 5.98. The number of amides is 2. The summed E-state index contributed by atoms with van der Waals surface area (Å²) >= 11 is 0. The van der Waals surface area contributed by atoms with Crippen LogP contribution in [-0.4, -0.2) is 11.8 Å². The lowest BCUT2D eigenvalue weighted by atomic mass is 10.0. The van der Waals surface area contributed by atoms with Gasteiger partial charge in [-0.2, -0.15) is 0 Å². The first-order chi connectivity index (χ1) is 10.7. The van der Waals surface area contributed by atoms with E-state index in [1.54, 1.807) is 0 Å². The molecule has 0 unspecified atom stereocenters. The van der Waals surface area contributed by atoms with Crippen molar-refractivity contribution in [3.05, 3.63) is 60.7 Å². The van der Waals surface area contributed by atoms with Crippen molar-refractivity contribution in [1.29, 1.82) is 0 Å². The van der Waals surface area contributed by atoms with Gasteiger partial charge >= 0.3 is 0 Å². The van der Waals surface area contributed by atoms with E-state index in [2.05, 4.69) is 10.6 Å². The van der Waals surface area contributed by atoms with Crippen molar-refractivity contribution in [3.63, 3.8) is 0 Å². The largest absolute Gasteiger partial charge is 0.326 e. The fraction of sp³-hybridized carbons (Fsp3) is 0.222. The zero-order chi connectivity index (χ0) is 15.8. The Hall–Kier alpha value is -2.62. The normalized spacial score (nSPS) is 11.5. The SMILES string of the molecule is CC[C@@H](CC(=O)Nc1ccccc1)C(=O)Nc1ccccc1. The maximum atomic E-state index is 12.2. The van der Waals surface area contributed by atoms with Gasteiger partial charge in [0.1, 0.15) is 0 Å². The molecule has 22 heavy (non-hydrogen) atoms. The van der Waals surface area contributed by atoms with Gasteiger partial charge in [0.05, 0.1) is 0 Å². The molecule has 0 radical (unpaired) electrons. The molecule has 4 heteroatoms. The van der Waals surface area contributed by atoms with Gasteiger partial charge < -0.3 is 10.6 Å². The third kappa shape index (κ3) is 4.74. The van der Waals surface area contributed by atoms with Gasteiger partial charge in [-0.15, -0.1) is 0 Å². The molecule has 2 N–H and O–H groups in total. The molecular weight excluding hydrogens is 276 g/mol. The second kappa shape index (κ2) is 7.98. The van der Waals surface area contributed by atoms with Crippen LogP contribution in [0.3, 0.4) is 0 Å². The molecule has 114 valence electrons. The number of hydrogen-bond donors (Lipinski definition) is 2. The summed E-state index contributed by atoms with van der Waals surface area (Å²) in [5, 5.41) is 5.65. The van der Waals surface area contributed by atoms with Crippen LogP contribution in [0.15, 0.2) is 60.7 Å². The van der Waals surface area contributed by atoms with Crippen molar-refractivity contribution in [2.75, 3.05) is 10.6 Å². The third-order valence-corrected chi connectivity index (χ3v) is 3.39. The smallest absolute Gasteiger partial charge is 0.227 e. The van der Waals surface area contributed by atoms with Crippen LogP contribution in [-0.2, 0) is 9.59 Å². The van der Waals surface area contributed by atoms with E-state index >= 15 is 0 Å². The van der Waals surface area contributed by atoms with Gasteiger partial charge in [-0.3, -0.25) is 9.59 Å². The van der Waals surface area contributed by atoms with E-state index in [0.717, 1.165) is 11.4 Å². The Balaban J connectivity index is 1.91. The van der Waals surface area contributed by atoms with Gasteiger partial charge in [-0.25, -0.2) is 0 Å². The Kier molecular flexibility index (Phi) is 5.72. The van der Waals surface area contributed by atoms with Gasteiger partial charge in [0.25, 0.3) is 0 Å². The van der Waals surface area contributed by atoms with Crippen molar-refractivity contribution >= 4 is 23.2 Å². The molecule has 2 amide bonds. The predicted molar refractivity (Wildman–Crippen MR) is 88.5 cm³/mol. The fourth-order valence-corrected chi connectivity index (χ4v) is 2.15. The van der Waals surface area contributed by atoms with E-state index in [-0.39, 0.29) is 24.2 Å². The topological polar surface area (TPSA) is 58.2 Å².